The molecule has 0 saturated carbocycles. The monoisotopic (exact) mass is 239 g/mol. The van der Waals surface area contributed by atoms with Crippen LogP contribution in [0.5, 0.6) is 11.5 Å². The Hall–Kier alpha value is -0.870. The number of ether oxygens (including phenoxy) is 2. The number of fused-ring (bicyclic) bond motifs is 1. The van der Waals surface area contributed by atoms with E-state index in [9.17, 15) is 0 Å². The molecule has 1 aromatic rings. The molecule has 0 bridgehead atoms. The van der Waals surface area contributed by atoms with E-state index in [-0.39, 0.29) is 0 Å². The van der Waals surface area contributed by atoms with E-state index in [1.54, 1.807) is 0 Å². The summed E-state index contributed by atoms with van der Waals surface area (Å²) in [5, 5.41) is 3.33. The minimum Gasteiger partial charge on any atom is -0.454 e. The van der Waals surface area contributed by atoms with Gasteiger partial charge in [-0.15, -0.1) is 0 Å². The van der Waals surface area contributed by atoms with Gasteiger partial charge in [0.25, 0.3) is 0 Å². The first kappa shape index (κ1) is 11.6. The summed E-state index contributed by atoms with van der Waals surface area (Å²) < 4.78 is 10.7. The maximum atomic E-state index is 5.38. The van der Waals surface area contributed by atoms with Crippen LogP contribution in [0.25, 0.3) is 0 Å². The predicted octanol–water partition coefficient (Wildman–Crippen LogP) is 2.43. The summed E-state index contributed by atoms with van der Waals surface area (Å²) in [4.78, 5) is 0. The van der Waals surface area contributed by atoms with Gasteiger partial charge in [-0.3, -0.25) is 0 Å². The molecule has 2 rings (SSSR count). The van der Waals surface area contributed by atoms with Crippen molar-refractivity contribution in [2.24, 2.45) is 0 Å². The van der Waals surface area contributed by atoms with Gasteiger partial charge in [0.05, 0.1) is 0 Å². The van der Waals surface area contributed by atoms with Crippen LogP contribution < -0.4 is 14.8 Å². The number of rotatable bonds is 5. The van der Waals surface area contributed by atoms with Crippen molar-refractivity contribution in [1.82, 2.24) is 5.32 Å². The molecule has 0 saturated heterocycles. The molecule has 0 fully saturated rings. The minimum atomic E-state index is 0.340. The van der Waals surface area contributed by atoms with Crippen LogP contribution >= 0.6 is 11.8 Å². The molecular weight excluding hydrogens is 222 g/mol. The van der Waals surface area contributed by atoms with E-state index in [1.165, 1.54) is 5.56 Å². The van der Waals surface area contributed by atoms with Crippen LogP contribution in [0, 0.1) is 0 Å². The van der Waals surface area contributed by atoms with E-state index in [2.05, 4.69) is 24.4 Å². The Balaban J connectivity index is 2.12. The molecule has 1 N–H and O–H groups in total. The Bertz CT molecular complexity index is 357. The van der Waals surface area contributed by atoms with E-state index < -0.39 is 0 Å². The zero-order valence-electron chi connectivity index (χ0n) is 9.66. The summed E-state index contributed by atoms with van der Waals surface area (Å²) >= 11 is 1.93. The molecule has 1 heterocycles. The molecule has 1 aromatic carbocycles. The molecule has 0 aromatic heterocycles. The molecule has 4 heteroatoms. The lowest BCUT2D eigenvalue weighted by Gasteiger charge is -2.16. The summed E-state index contributed by atoms with van der Waals surface area (Å²) in [5.41, 5.74) is 1.26. The van der Waals surface area contributed by atoms with Gasteiger partial charge in [-0.1, -0.05) is 13.0 Å². The zero-order chi connectivity index (χ0) is 11.4. The van der Waals surface area contributed by atoms with Gasteiger partial charge in [0, 0.05) is 11.8 Å². The Morgan fingerprint density at radius 3 is 2.94 bits per heavy atom. The molecule has 1 atom stereocenters. The molecule has 0 spiro atoms. The maximum Gasteiger partial charge on any atom is 0.231 e. The first-order chi connectivity index (χ1) is 7.85. The molecule has 1 unspecified atom stereocenters. The lowest BCUT2D eigenvalue weighted by atomic mass is 10.1. The standard InChI is InChI=1S/C12H17NO2S/c1-3-16-7-10(13-2)9-4-5-11-12(6-9)15-8-14-11/h4-6,10,13H,3,7-8H2,1-2H3. The van der Waals surface area contributed by atoms with Gasteiger partial charge in [0.2, 0.25) is 6.79 Å². The Labute approximate surface area is 101 Å². The first-order valence-corrected chi connectivity index (χ1v) is 6.65. The number of benzene rings is 1. The van der Waals surface area contributed by atoms with Gasteiger partial charge in [0.15, 0.2) is 11.5 Å². The van der Waals surface area contributed by atoms with E-state index in [1.807, 2.05) is 24.9 Å². The summed E-state index contributed by atoms with van der Waals surface area (Å²) in [7, 11) is 1.99. The van der Waals surface area contributed by atoms with Gasteiger partial charge in [-0.05, 0) is 30.5 Å². The third-order valence-corrected chi connectivity index (χ3v) is 3.61. The zero-order valence-corrected chi connectivity index (χ0v) is 10.5. The molecule has 1 aliphatic rings. The summed E-state index contributed by atoms with van der Waals surface area (Å²) in [6.45, 7) is 2.52. The maximum absolute atomic E-state index is 5.38. The van der Waals surface area contributed by atoms with E-state index in [0.717, 1.165) is 23.0 Å². The van der Waals surface area contributed by atoms with Crippen LogP contribution in [0.3, 0.4) is 0 Å². The van der Waals surface area contributed by atoms with Crippen molar-refractivity contribution < 1.29 is 9.47 Å². The van der Waals surface area contributed by atoms with Gasteiger partial charge in [-0.25, -0.2) is 0 Å². The highest BCUT2D eigenvalue weighted by atomic mass is 32.2. The summed E-state index contributed by atoms with van der Waals surface area (Å²) in [5.74, 6) is 3.93. The summed E-state index contributed by atoms with van der Waals surface area (Å²) in [6, 6.07) is 6.53. The fourth-order valence-electron chi connectivity index (χ4n) is 1.71. The van der Waals surface area contributed by atoms with Crippen molar-refractivity contribution in [2.45, 2.75) is 13.0 Å². The topological polar surface area (TPSA) is 30.5 Å². The molecule has 0 aliphatic carbocycles. The number of hydrogen-bond acceptors (Lipinski definition) is 4. The average Bonchev–Trinajstić information content (AvgIpc) is 2.77. The fraction of sp³-hybridized carbons (Fsp3) is 0.500. The van der Waals surface area contributed by atoms with Gasteiger partial charge in [0.1, 0.15) is 0 Å². The SMILES string of the molecule is CCSCC(NC)c1ccc2c(c1)OCO2. The lowest BCUT2D eigenvalue weighted by Crippen LogP contribution is -2.18. The van der Waals surface area contributed by atoms with Gasteiger partial charge >= 0.3 is 0 Å². The highest BCUT2D eigenvalue weighted by molar-refractivity contribution is 7.99. The second kappa shape index (κ2) is 5.46. The third-order valence-electron chi connectivity index (χ3n) is 2.64. The van der Waals surface area contributed by atoms with Gasteiger partial charge < -0.3 is 14.8 Å². The molecule has 0 amide bonds. The highest BCUT2D eigenvalue weighted by Gasteiger charge is 2.16. The van der Waals surface area contributed by atoms with Crippen molar-refractivity contribution in [3.8, 4) is 11.5 Å². The number of hydrogen-bond donors (Lipinski definition) is 1. The predicted molar refractivity (Wildman–Crippen MR) is 67.4 cm³/mol. The molecule has 3 nitrogen and oxygen atoms in total. The third kappa shape index (κ3) is 2.44. The van der Waals surface area contributed by atoms with E-state index in [0.29, 0.717) is 12.8 Å². The first-order valence-electron chi connectivity index (χ1n) is 5.49. The molecule has 0 radical (unpaired) electrons. The summed E-state index contributed by atoms with van der Waals surface area (Å²) in [6.07, 6.45) is 0. The van der Waals surface area contributed by atoms with Crippen molar-refractivity contribution in [3.05, 3.63) is 23.8 Å². The minimum absolute atomic E-state index is 0.340. The largest absolute Gasteiger partial charge is 0.454 e. The van der Waals surface area contributed by atoms with Crippen LogP contribution in [0.2, 0.25) is 0 Å². The number of thioether (sulfide) groups is 1. The second-order valence-electron chi connectivity index (χ2n) is 3.61. The molecule has 1 aliphatic heterocycles. The Morgan fingerprint density at radius 1 is 1.38 bits per heavy atom. The van der Waals surface area contributed by atoms with Crippen molar-refractivity contribution >= 4 is 11.8 Å². The van der Waals surface area contributed by atoms with Crippen molar-refractivity contribution in [3.63, 3.8) is 0 Å². The molecular formula is C12H17NO2S. The quantitative estimate of drug-likeness (QED) is 0.855. The smallest absolute Gasteiger partial charge is 0.231 e. The van der Waals surface area contributed by atoms with E-state index in [4.69, 9.17) is 9.47 Å². The van der Waals surface area contributed by atoms with E-state index >= 15 is 0 Å². The van der Waals surface area contributed by atoms with Crippen molar-refractivity contribution in [1.29, 1.82) is 0 Å². The average molecular weight is 239 g/mol. The number of nitrogens with one attached hydrogen (secondary N) is 1. The Kier molecular flexibility index (Phi) is 3.96. The van der Waals surface area contributed by atoms with Crippen LogP contribution in [-0.4, -0.2) is 25.3 Å². The highest BCUT2D eigenvalue weighted by Crippen LogP contribution is 2.34. The fourth-order valence-corrected chi connectivity index (χ4v) is 2.54. The van der Waals surface area contributed by atoms with Crippen LogP contribution in [0.1, 0.15) is 18.5 Å². The molecule has 16 heavy (non-hydrogen) atoms. The van der Waals surface area contributed by atoms with Gasteiger partial charge in [-0.2, -0.15) is 11.8 Å². The lowest BCUT2D eigenvalue weighted by molar-refractivity contribution is 0.174. The van der Waals surface area contributed by atoms with Crippen LogP contribution in [0.4, 0.5) is 0 Å². The molecule has 88 valence electrons. The van der Waals surface area contributed by atoms with Crippen LogP contribution in [-0.2, 0) is 0 Å². The van der Waals surface area contributed by atoms with Crippen LogP contribution in [0.15, 0.2) is 18.2 Å². The normalized spacial score (nSPS) is 15.1. The van der Waals surface area contributed by atoms with Crippen molar-refractivity contribution in [2.75, 3.05) is 25.3 Å². The second-order valence-corrected chi connectivity index (χ2v) is 4.93. The Morgan fingerprint density at radius 2 is 2.19 bits per heavy atom.